The van der Waals surface area contributed by atoms with E-state index in [0.717, 1.165) is 6.54 Å². The van der Waals surface area contributed by atoms with Crippen LogP contribution in [0.25, 0.3) is 0 Å². The van der Waals surface area contributed by atoms with Crippen LogP contribution in [0.3, 0.4) is 0 Å². The number of rotatable bonds is 1. The first-order chi connectivity index (χ1) is 5.15. The highest BCUT2D eigenvalue weighted by Gasteiger charge is 2.35. The molecule has 0 radical (unpaired) electrons. The number of aliphatic hydroxyl groups excluding tert-OH is 1. The average molecular weight is 158 g/mol. The third kappa shape index (κ3) is 1.79. The molecule has 1 heterocycles. The molecule has 1 saturated heterocycles. The Morgan fingerprint density at radius 3 is 2.36 bits per heavy atom. The molecular weight excluding hydrogens is 142 g/mol. The van der Waals surface area contributed by atoms with Crippen molar-refractivity contribution in [1.82, 2.24) is 0 Å². The highest BCUT2D eigenvalue weighted by atomic mass is 16.5. The molecule has 1 aliphatic rings. The largest absolute Gasteiger partial charge is 0.384 e. The fourth-order valence-corrected chi connectivity index (χ4v) is 1.35. The van der Waals surface area contributed by atoms with E-state index in [1.807, 2.05) is 13.8 Å². The molecule has 0 spiro atoms. The van der Waals surface area contributed by atoms with Crippen molar-refractivity contribution in [3.8, 4) is 0 Å². The van der Waals surface area contributed by atoms with E-state index in [9.17, 15) is 5.11 Å². The summed E-state index contributed by atoms with van der Waals surface area (Å²) in [5, 5.41) is 9.43. The molecule has 0 saturated carbocycles. The summed E-state index contributed by atoms with van der Waals surface area (Å²) in [7, 11) is 1.64. The maximum Gasteiger partial charge on any atom is 0.171 e. The van der Waals surface area contributed by atoms with Crippen molar-refractivity contribution in [3.05, 3.63) is 0 Å². The van der Waals surface area contributed by atoms with Gasteiger partial charge in [-0.25, -0.2) is 4.58 Å². The molecule has 1 fully saturated rings. The molecular formula is C8H16NO2+. The predicted molar refractivity (Wildman–Crippen MR) is 43.2 cm³/mol. The number of ether oxygens (including phenoxy) is 1. The number of aliphatic hydroxyl groups is 1. The van der Waals surface area contributed by atoms with Gasteiger partial charge in [-0.2, -0.15) is 0 Å². The maximum absolute atomic E-state index is 9.43. The van der Waals surface area contributed by atoms with Crippen LogP contribution in [-0.4, -0.2) is 47.8 Å². The van der Waals surface area contributed by atoms with Crippen LogP contribution in [0.15, 0.2) is 0 Å². The molecule has 1 aliphatic heterocycles. The molecule has 64 valence electrons. The Morgan fingerprint density at radius 2 is 2.09 bits per heavy atom. The lowest BCUT2D eigenvalue weighted by molar-refractivity contribution is -0.513. The number of hydrogen-bond acceptors (Lipinski definition) is 2. The van der Waals surface area contributed by atoms with Crippen molar-refractivity contribution in [2.45, 2.75) is 26.1 Å². The summed E-state index contributed by atoms with van der Waals surface area (Å²) in [6.07, 6.45) is -0.334. The maximum atomic E-state index is 9.43. The minimum absolute atomic E-state index is 0.00935. The van der Waals surface area contributed by atoms with Crippen molar-refractivity contribution in [2.75, 3.05) is 20.2 Å². The zero-order chi connectivity index (χ0) is 8.43. The molecule has 0 unspecified atom stereocenters. The van der Waals surface area contributed by atoms with Crippen LogP contribution >= 0.6 is 0 Å². The molecule has 1 N–H and O–H groups in total. The van der Waals surface area contributed by atoms with Crippen molar-refractivity contribution < 1.29 is 14.4 Å². The van der Waals surface area contributed by atoms with Gasteiger partial charge < -0.3 is 9.84 Å². The number of hydrogen-bond donors (Lipinski definition) is 1. The normalized spacial score (nSPS) is 31.1. The molecule has 3 heteroatoms. The Hall–Kier alpha value is -0.410. The van der Waals surface area contributed by atoms with Gasteiger partial charge >= 0.3 is 0 Å². The van der Waals surface area contributed by atoms with Gasteiger partial charge in [0, 0.05) is 21.0 Å². The number of methoxy groups -OCH3 is 1. The quantitative estimate of drug-likeness (QED) is 0.539. The standard InChI is InChI=1S/C8H16NO2/c1-6(2)9-4-7(10)8(5-9)11-3/h7-8,10H,4-5H2,1-3H3/q+1/t7-,8-/m1/s1. The lowest BCUT2D eigenvalue weighted by Crippen LogP contribution is -2.25. The van der Waals surface area contributed by atoms with Gasteiger partial charge in [0.15, 0.2) is 13.1 Å². The van der Waals surface area contributed by atoms with E-state index in [1.165, 1.54) is 5.71 Å². The Bertz CT molecular complexity index is 173. The summed E-state index contributed by atoms with van der Waals surface area (Å²) in [6, 6.07) is 0. The van der Waals surface area contributed by atoms with Gasteiger partial charge in [0.1, 0.15) is 17.9 Å². The minimum atomic E-state index is -0.324. The van der Waals surface area contributed by atoms with Crippen LogP contribution in [0.5, 0.6) is 0 Å². The predicted octanol–water partition coefficient (Wildman–Crippen LogP) is -0.131. The summed E-state index contributed by atoms with van der Waals surface area (Å²) >= 11 is 0. The van der Waals surface area contributed by atoms with Crippen LogP contribution in [0.2, 0.25) is 0 Å². The molecule has 3 nitrogen and oxygen atoms in total. The van der Waals surface area contributed by atoms with Gasteiger partial charge in [0.05, 0.1) is 0 Å². The summed E-state index contributed by atoms with van der Waals surface area (Å²) in [6.45, 7) is 5.62. The van der Waals surface area contributed by atoms with Gasteiger partial charge in [-0.05, 0) is 0 Å². The van der Waals surface area contributed by atoms with Gasteiger partial charge in [0.2, 0.25) is 0 Å². The van der Waals surface area contributed by atoms with Crippen LogP contribution < -0.4 is 0 Å². The lowest BCUT2D eigenvalue weighted by Gasteiger charge is -2.04. The average Bonchev–Trinajstić information content (AvgIpc) is 2.31. The molecule has 0 aromatic carbocycles. The summed E-state index contributed by atoms with van der Waals surface area (Å²) in [4.78, 5) is 0. The van der Waals surface area contributed by atoms with Crippen LogP contribution in [0, 0.1) is 0 Å². The van der Waals surface area contributed by atoms with E-state index in [-0.39, 0.29) is 12.2 Å². The fourth-order valence-electron chi connectivity index (χ4n) is 1.35. The van der Waals surface area contributed by atoms with Gasteiger partial charge in [-0.1, -0.05) is 0 Å². The Kier molecular flexibility index (Phi) is 2.62. The Morgan fingerprint density at radius 1 is 1.45 bits per heavy atom. The smallest absolute Gasteiger partial charge is 0.171 e. The van der Waals surface area contributed by atoms with Crippen molar-refractivity contribution in [3.63, 3.8) is 0 Å². The van der Waals surface area contributed by atoms with Crippen LogP contribution in [0.1, 0.15) is 13.8 Å². The third-order valence-corrected chi connectivity index (χ3v) is 2.17. The highest BCUT2D eigenvalue weighted by Crippen LogP contribution is 2.08. The zero-order valence-electron chi connectivity index (χ0n) is 7.37. The van der Waals surface area contributed by atoms with E-state index < -0.39 is 0 Å². The second kappa shape index (κ2) is 3.32. The molecule has 0 aromatic heterocycles. The highest BCUT2D eigenvalue weighted by molar-refractivity contribution is 5.73. The second-order valence-electron chi connectivity index (χ2n) is 3.19. The monoisotopic (exact) mass is 158 g/mol. The van der Waals surface area contributed by atoms with E-state index >= 15 is 0 Å². The van der Waals surface area contributed by atoms with Gasteiger partial charge in [-0.15, -0.1) is 0 Å². The van der Waals surface area contributed by atoms with E-state index in [0.29, 0.717) is 6.54 Å². The number of β-amino-alcohol motifs (C(OH)–C–C–N with tert-alkyl or cyclic N) is 1. The molecule has 2 atom stereocenters. The zero-order valence-corrected chi connectivity index (χ0v) is 7.37. The molecule has 0 bridgehead atoms. The van der Waals surface area contributed by atoms with Gasteiger partial charge in [0.25, 0.3) is 0 Å². The summed E-state index contributed by atoms with van der Waals surface area (Å²) in [5.41, 5.74) is 1.24. The van der Waals surface area contributed by atoms with Gasteiger partial charge in [-0.3, -0.25) is 0 Å². The van der Waals surface area contributed by atoms with Crippen LogP contribution in [-0.2, 0) is 4.74 Å². The lowest BCUT2D eigenvalue weighted by atomic mass is 10.3. The second-order valence-corrected chi connectivity index (χ2v) is 3.19. The fraction of sp³-hybridized carbons (Fsp3) is 0.875. The summed E-state index contributed by atoms with van der Waals surface area (Å²) in [5.74, 6) is 0. The molecule has 0 aliphatic carbocycles. The van der Waals surface area contributed by atoms with E-state index in [1.54, 1.807) is 7.11 Å². The van der Waals surface area contributed by atoms with E-state index in [2.05, 4.69) is 4.58 Å². The topological polar surface area (TPSA) is 32.5 Å². The van der Waals surface area contributed by atoms with Crippen LogP contribution in [0.4, 0.5) is 0 Å². The molecule has 0 aromatic rings. The Labute approximate surface area is 67.3 Å². The molecule has 0 amide bonds. The molecule has 11 heavy (non-hydrogen) atoms. The van der Waals surface area contributed by atoms with Crippen molar-refractivity contribution >= 4 is 5.71 Å². The van der Waals surface area contributed by atoms with Crippen molar-refractivity contribution in [1.29, 1.82) is 0 Å². The third-order valence-electron chi connectivity index (χ3n) is 2.17. The first-order valence-corrected chi connectivity index (χ1v) is 3.91. The summed E-state index contributed by atoms with van der Waals surface area (Å²) < 4.78 is 7.24. The molecule has 1 rings (SSSR count). The SMILES string of the molecule is CO[C@@H]1C[N+](=C(C)C)C[C@H]1O. The number of nitrogens with zero attached hydrogens (tertiary/aromatic N) is 1. The van der Waals surface area contributed by atoms with Crippen molar-refractivity contribution in [2.24, 2.45) is 0 Å². The minimum Gasteiger partial charge on any atom is -0.384 e. The first kappa shape index (κ1) is 8.68. The Balaban J connectivity index is 2.64. The van der Waals surface area contributed by atoms with E-state index in [4.69, 9.17) is 4.74 Å². The first-order valence-electron chi connectivity index (χ1n) is 3.91.